The Balaban J connectivity index is 2.18. The molecule has 4 nitrogen and oxygen atoms in total. The summed E-state index contributed by atoms with van der Waals surface area (Å²) in [6.07, 6.45) is 6.02. The highest BCUT2D eigenvalue weighted by Crippen LogP contribution is 2.36. The highest BCUT2D eigenvalue weighted by molar-refractivity contribution is 14.1. The summed E-state index contributed by atoms with van der Waals surface area (Å²) >= 11 is 2.26. The number of hydrogen-bond acceptors (Lipinski definition) is 4. The molecule has 2 rings (SSSR count). The minimum atomic E-state index is 0.424. The lowest BCUT2D eigenvalue weighted by Crippen LogP contribution is -2.40. The normalized spacial score (nSPS) is 17.5. The van der Waals surface area contributed by atoms with Gasteiger partial charge in [0.2, 0.25) is 0 Å². The van der Waals surface area contributed by atoms with Gasteiger partial charge in [0.05, 0.1) is 3.57 Å². The van der Waals surface area contributed by atoms with Crippen LogP contribution < -0.4 is 10.6 Å². The van der Waals surface area contributed by atoms with Crippen LogP contribution in [-0.2, 0) is 0 Å². The minimum absolute atomic E-state index is 0.424. The topological polar surface area (TPSA) is 55.0 Å². The predicted octanol–water partition coefficient (Wildman–Crippen LogP) is 1.25. The van der Waals surface area contributed by atoms with Gasteiger partial charge in [-0.25, -0.2) is 9.97 Å². The highest BCUT2D eigenvalue weighted by Gasteiger charge is 2.33. The number of anilines is 1. The molecule has 1 fully saturated rings. The third-order valence-electron chi connectivity index (χ3n) is 2.89. The molecule has 0 amide bonds. The molecule has 5 heteroatoms. The standard InChI is InChI=1S/C10H15IN4/c1-15(9(4-12)7-2-3-7)10-8(11)5-13-6-14-10/h5-7,9H,2-4,12H2,1H3. The Labute approximate surface area is 103 Å². The van der Waals surface area contributed by atoms with Crippen molar-refractivity contribution in [1.82, 2.24) is 9.97 Å². The van der Waals surface area contributed by atoms with Gasteiger partial charge >= 0.3 is 0 Å². The van der Waals surface area contributed by atoms with Crippen LogP contribution in [0.15, 0.2) is 12.5 Å². The van der Waals surface area contributed by atoms with Crippen molar-refractivity contribution in [3.8, 4) is 0 Å². The second kappa shape index (κ2) is 4.61. The van der Waals surface area contributed by atoms with Crippen LogP contribution in [0.25, 0.3) is 0 Å². The van der Waals surface area contributed by atoms with Crippen molar-refractivity contribution >= 4 is 28.4 Å². The van der Waals surface area contributed by atoms with E-state index < -0.39 is 0 Å². The summed E-state index contributed by atoms with van der Waals surface area (Å²) in [6.45, 7) is 0.696. The Morgan fingerprint density at radius 1 is 1.67 bits per heavy atom. The van der Waals surface area contributed by atoms with Crippen LogP contribution in [0, 0.1) is 9.49 Å². The average molecular weight is 318 g/mol. The third-order valence-corrected chi connectivity index (χ3v) is 3.65. The van der Waals surface area contributed by atoms with Gasteiger partial charge in [0.1, 0.15) is 12.1 Å². The summed E-state index contributed by atoms with van der Waals surface area (Å²) in [4.78, 5) is 10.5. The lowest BCUT2D eigenvalue weighted by Gasteiger charge is -2.28. The van der Waals surface area contributed by atoms with E-state index in [1.54, 1.807) is 6.33 Å². The smallest absolute Gasteiger partial charge is 0.145 e. The van der Waals surface area contributed by atoms with Crippen molar-refractivity contribution in [2.75, 3.05) is 18.5 Å². The fraction of sp³-hybridized carbons (Fsp3) is 0.600. The minimum Gasteiger partial charge on any atom is -0.354 e. The van der Waals surface area contributed by atoms with Crippen LogP contribution in [0.1, 0.15) is 12.8 Å². The number of hydrogen-bond donors (Lipinski definition) is 1. The van der Waals surface area contributed by atoms with Gasteiger partial charge in [-0.1, -0.05) is 0 Å². The summed E-state index contributed by atoms with van der Waals surface area (Å²) < 4.78 is 1.08. The van der Waals surface area contributed by atoms with E-state index in [9.17, 15) is 0 Å². The molecule has 82 valence electrons. The first kappa shape index (κ1) is 11.1. The molecule has 0 radical (unpaired) electrons. The van der Waals surface area contributed by atoms with E-state index in [1.165, 1.54) is 12.8 Å². The van der Waals surface area contributed by atoms with Crippen molar-refractivity contribution < 1.29 is 0 Å². The molecule has 1 heterocycles. The fourth-order valence-corrected chi connectivity index (χ4v) is 2.55. The number of nitrogens with zero attached hydrogens (tertiary/aromatic N) is 3. The van der Waals surface area contributed by atoms with Gasteiger partial charge < -0.3 is 10.6 Å². The molecule has 0 saturated heterocycles. The first-order valence-electron chi connectivity index (χ1n) is 5.12. The van der Waals surface area contributed by atoms with Gasteiger partial charge in [-0.2, -0.15) is 0 Å². The lowest BCUT2D eigenvalue weighted by atomic mass is 10.1. The number of likely N-dealkylation sites (N-methyl/N-ethyl adjacent to an activating group) is 1. The lowest BCUT2D eigenvalue weighted by molar-refractivity contribution is 0.565. The van der Waals surface area contributed by atoms with Gasteiger partial charge in [-0.05, 0) is 41.4 Å². The molecule has 0 aromatic carbocycles. The van der Waals surface area contributed by atoms with Crippen LogP contribution in [-0.4, -0.2) is 29.6 Å². The Morgan fingerprint density at radius 2 is 2.40 bits per heavy atom. The van der Waals surface area contributed by atoms with Gasteiger partial charge in [0.25, 0.3) is 0 Å². The molecular formula is C10H15IN4. The summed E-state index contributed by atoms with van der Waals surface area (Å²) in [6, 6.07) is 0.424. The molecule has 1 aromatic heterocycles. The third kappa shape index (κ3) is 2.39. The Kier molecular flexibility index (Phi) is 3.40. The molecular weight excluding hydrogens is 303 g/mol. The van der Waals surface area contributed by atoms with Gasteiger partial charge in [-0.3, -0.25) is 0 Å². The Bertz CT molecular complexity index is 340. The zero-order chi connectivity index (χ0) is 10.8. The quantitative estimate of drug-likeness (QED) is 0.849. The van der Waals surface area contributed by atoms with Crippen molar-refractivity contribution in [1.29, 1.82) is 0 Å². The maximum absolute atomic E-state index is 5.81. The summed E-state index contributed by atoms with van der Waals surface area (Å²) in [5, 5.41) is 0. The second-order valence-electron chi connectivity index (χ2n) is 3.95. The molecule has 0 spiro atoms. The van der Waals surface area contributed by atoms with E-state index >= 15 is 0 Å². The van der Waals surface area contributed by atoms with Crippen molar-refractivity contribution in [3.05, 3.63) is 16.1 Å². The van der Waals surface area contributed by atoms with Crippen molar-refractivity contribution in [2.24, 2.45) is 11.7 Å². The van der Waals surface area contributed by atoms with E-state index in [1.807, 2.05) is 6.20 Å². The van der Waals surface area contributed by atoms with E-state index in [4.69, 9.17) is 5.73 Å². The largest absolute Gasteiger partial charge is 0.354 e. The van der Waals surface area contributed by atoms with Crippen molar-refractivity contribution in [3.63, 3.8) is 0 Å². The summed E-state index contributed by atoms with van der Waals surface area (Å²) in [7, 11) is 2.07. The molecule has 1 saturated carbocycles. The molecule has 2 N–H and O–H groups in total. The van der Waals surface area contributed by atoms with Gasteiger partial charge in [0, 0.05) is 25.8 Å². The van der Waals surface area contributed by atoms with E-state index in [2.05, 4.69) is 44.5 Å². The average Bonchev–Trinajstić information content (AvgIpc) is 3.03. The maximum Gasteiger partial charge on any atom is 0.145 e. The fourth-order valence-electron chi connectivity index (χ4n) is 1.87. The predicted molar refractivity (Wildman–Crippen MR) is 68.7 cm³/mol. The number of halogens is 1. The number of rotatable bonds is 4. The van der Waals surface area contributed by atoms with E-state index in [0.717, 1.165) is 15.3 Å². The zero-order valence-electron chi connectivity index (χ0n) is 8.73. The maximum atomic E-state index is 5.81. The summed E-state index contributed by atoms with van der Waals surface area (Å²) in [5.41, 5.74) is 5.81. The first-order valence-corrected chi connectivity index (χ1v) is 6.20. The van der Waals surface area contributed by atoms with E-state index in [0.29, 0.717) is 12.6 Å². The van der Waals surface area contributed by atoms with Crippen LogP contribution >= 0.6 is 22.6 Å². The van der Waals surface area contributed by atoms with Crippen LogP contribution in [0.4, 0.5) is 5.82 Å². The van der Waals surface area contributed by atoms with Gasteiger partial charge in [0.15, 0.2) is 0 Å². The number of nitrogens with two attached hydrogens (primary N) is 1. The molecule has 1 unspecified atom stereocenters. The molecule has 1 aliphatic carbocycles. The molecule has 1 aliphatic rings. The molecule has 1 aromatic rings. The van der Waals surface area contributed by atoms with Crippen LogP contribution in [0.5, 0.6) is 0 Å². The molecule has 0 bridgehead atoms. The molecule has 15 heavy (non-hydrogen) atoms. The Morgan fingerprint density at radius 3 is 2.93 bits per heavy atom. The number of aromatic nitrogens is 2. The van der Waals surface area contributed by atoms with Crippen LogP contribution in [0.3, 0.4) is 0 Å². The van der Waals surface area contributed by atoms with Crippen molar-refractivity contribution in [2.45, 2.75) is 18.9 Å². The monoisotopic (exact) mass is 318 g/mol. The van der Waals surface area contributed by atoms with E-state index in [-0.39, 0.29) is 0 Å². The highest BCUT2D eigenvalue weighted by atomic mass is 127. The zero-order valence-corrected chi connectivity index (χ0v) is 10.9. The Hall–Kier alpha value is -0.430. The first-order chi connectivity index (χ1) is 7.24. The van der Waals surface area contributed by atoms with Crippen LogP contribution in [0.2, 0.25) is 0 Å². The SMILES string of the molecule is CN(c1ncncc1I)C(CN)C1CC1. The summed E-state index contributed by atoms with van der Waals surface area (Å²) in [5.74, 6) is 1.75. The second-order valence-corrected chi connectivity index (χ2v) is 5.11. The molecule has 1 atom stereocenters. The van der Waals surface area contributed by atoms with Gasteiger partial charge in [-0.15, -0.1) is 0 Å². The molecule has 0 aliphatic heterocycles.